The number of halogens is 1. The van der Waals surface area contributed by atoms with Crippen LogP contribution in [0.3, 0.4) is 0 Å². The van der Waals surface area contributed by atoms with Gasteiger partial charge in [0.05, 0.1) is 6.61 Å². The van der Waals surface area contributed by atoms with Crippen molar-refractivity contribution in [1.29, 1.82) is 0 Å². The normalized spacial score (nSPS) is 11.6. The third kappa shape index (κ3) is 3.78. The van der Waals surface area contributed by atoms with Crippen molar-refractivity contribution in [3.05, 3.63) is 33.1 Å². The molecule has 0 amide bonds. The molecule has 2 rings (SSSR count). The number of rotatable bonds is 6. The first-order valence-corrected chi connectivity index (χ1v) is 8.12. The predicted octanol–water partition coefficient (Wildman–Crippen LogP) is 4.56. The Kier molecular flexibility index (Phi) is 5.39. The van der Waals surface area contributed by atoms with Gasteiger partial charge in [-0.05, 0) is 36.0 Å². The zero-order valence-electron chi connectivity index (χ0n) is 11.6. The number of benzene rings is 1. The second-order valence-corrected chi connectivity index (χ2v) is 7.15. The van der Waals surface area contributed by atoms with E-state index >= 15 is 0 Å². The van der Waals surface area contributed by atoms with Crippen LogP contribution < -0.4 is 5.32 Å². The van der Waals surface area contributed by atoms with Crippen molar-refractivity contribution in [2.75, 3.05) is 13.7 Å². The molecule has 0 fully saturated rings. The maximum absolute atomic E-state index is 5.37. The lowest BCUT2D eigenvalue weighted by Crippen LogP contribution is -2.19. The maximum atomic E-state index is 5.37. The van der Waals surface area contributed by atoms with Crippen molar-refractivity contribution in [1.82, 2.24) is 5.32 Å². The average molecular weight is 342 g/mol. The third-order valence-electron chi connectivity index (χ3n) is 2.96. The van der Waals surface area contributed by atoms with Crippen LogP contribution >= 0.6 is 27.3 Å². The summed E-state index contributed by atoms with van der Waals surface area (Å²) in [4.78, 5) is 1.38. The van der Waals surface area contributed by atoms with E-state index in [-0.39, 0.29) is 0 Å². The molecule has 1 heterocycles. The Morgan fingerprint density at radius 3 is 2.84 bits per heavy atom. The molecular formula is C15H20BrNOS. The number of ether oxygens (including phenoxy) is 1. The van der Waals surface area contributed by atoms with Gasteiger partial charge in [-0.1, -0.05) is 29.8 Å². The Balaban J connectivity index is 2.28. The Bertz CT molecular complexity index is 550. The van der Waals surface area contributed by atoms with Crippen molar-refractivity contribution in [2.45, 2.75) is 27.0 Å². The zero-order valence-corrected chi connectivity index (χ0v) is 14.0. The van der Waals surface area contributed by atoms with Gasteiger partial charge in [0.15, 0.2) is 0 Å². The second-order valence-electron chi connectivity index (χ2n) is 5.10. The Hall–Kier alpha value is -0.420. The lowest BCUT2D eigenvalue weighted by molar-refractivity contribution is 0.185. The number of hydrogen-bond donors (Lipinski definition) is 1. The Morgan fingerprint density at radius 2 is 2.16 bits per heavy atom. The molecule has 0 atom stereocenters. The lowest BCUT2D eigenvalue weighted by atomic mass is 10.1. The fraction of sp³-hybridized carbons (Fsp3) is 0.467. The summed E-state index contributed by atoms with van der Waals surface area (Å²) in [6, 6.07) is 6.46. The van der Waals surface area contributed by atoms with E-state index < -0.39 is 0 Å². The highest BCUT2D eigenvalue weighted by atomic mass is 79.9. The molecular weight excluding hydrogens is 322 g/mol. The second kappa shape index (κ2) is 6.84. The van der Waals surface area contributed by atoms with E-state index in [1.165, 1.54) is 20.5 Å². The fourth-order valence-electron chi connectivity index (χ4n) is 2.09. The van der Waals surface area contributed by atoms with E-state index in [0.717, 1.165) is 17.6 Å². The van der Waals surface area contributed by atoms with Crippen molar-refractivity contribution < 1.29 is 4.74 Å². The predicted molar refractivity (Wildman–Crippen MR) is 86.8 cm³/mol. The van der Waals surface area contributed by atoms with Crippen LogP contribution in [0.2, 0.25) is 0 Å². The molecule has 19 heavy (non-hydrogen) atoms. The van der Waals surface area contributed by atoms with E-state index in [0.29, 0.717) is 12.5 Å². The number of hydrogen-bond acceptors (Lipinski definition) is 3. The molecule has 2 nitrogen and oxygen atoms in total. The van der Waals surface area contributed by atoms with Gasteiger partial charge in [-0.25, -0.2) is 0 Å². The van der Waals surface area contributed by atoms with Crippen molar-refractivity contribution >= 4 is 37.4 Å². The van der Waals surface area contributed by atoms with Gasteiger partial charge >= 0.3 is 0 Å². The van der Waals surface area contributed by atoms with Crippen LogP contribution in [0, 0.1) is 5.92 Å². The van der Waals surface area contributed by atoms with Crippen LogP contribution in [0.5, 0.6) is 0 Å². The molecule has 1 aromatic carbocycles. The lowest BCUT2D eigenvalue weighted by Gasteiger charge is -2.08. The van der Waals surface area contributed by atoms with Crippen LogP contribution in [0.15, 0.2) is 22.7 Å². The van der Waals surface area contributed by atoms with Crippen LogP contribution in [0.25, 0.3) is 10.1 Å². The topological polar surface area (TPSA) is 21.3 Å². The summed E-state index contributed by atoms with van der Waals surface area (Å²) in [6.45, 7) is 7.10. The molecule has 2 aromatic rings. The Labute approximate surface area is 127 Å². The number of nitrogens with one attached hydrogen (secondary N) is 1. The summed E-state index contributed by atoms with van der Waals surface area (Å²) in [7, 11) is 1.76. The molecule has 0 aliphatic rings. The number of methoxy groups -OCH3 is 1. The molecule has 0 saturated carbocycles. The summed E-state index contributed by atoms with van der Waals surface area (Å²) < 4.78 is 7.82. The summed E-state index contributed by atoms with van der Waals surface area (Å²) in [5, 5.41) is 4.83. The first-order valence-electron chi connectivity index (χ1n) is 6.51. The molecule has 0 saturated heterocycles. The highest BCUT2D eigenvalue weighted by Gasteiger charge is 2.12. The SMILES string of the molecule is COCc1c(CNCC(C)C)sc2ccc(Br)cc12. The van der Waals surface area contributed by atoms with E-state index in [2.05, 4.69) is 53.3 Å². The first-order chi connectivity index (χ1) is 9.11. The fourth-order valence-corrected chi connectivity index (χ4v) is 3.61. The van der Waals surface area contributed by atoms with E-state index in [1.54, 1.807) is 7.11 Å². The molecule has 104 valence electrons. The molecule has 0 bridgehead atoms. The van der Waals surface area contributed by atoms with Gasteiger partial charge in [0, 0.05) is 33.3 Å². The van der Waals surface area contributed by atoms with Crippen LogP contribution in [0.1, 0.15) is 24.3 Å². The minimum absolute atomic E-state index is 0.675. The van der Waals surface area contributed by atoms with Gasteiger partial charge in [0.1, 0.15) is 0 Å². The van der Waals surface area contributed by atoms with Crippen molar-refractivity contribution in [3.8, 4) is 0 Å². The smallest absolute Gasteiger partial charge is 0.0730 e. The van der Waals surface area contributed by atoms with E-state index in [4.69, 9.17) is 4.74 Å². The molecule has 1 N–H and O–H groups in total. The quantitative estimate of drug-likeness (QED) is 0.831. The summed E-state index contributed by atoms with van der Waals surface area (Å²) >= 11 is 5.41. The molecule has 0 aliphatic carbocycles. The standard InChI is InChI=1S/C15H20BrNOS/c1-10(2)7-17-8-15-13(9-18-3)12-6-11(16)4-5-14(12)19-15/h4-6,10,17H,7-9H2,1-3H3. The molecule has 4 heteroatoms. The van der Waals surface area contributed by atoms with Crippen LogP contribution in [-0.4, -0.2) is 13.7 Å². The summed E-state index contributed by atoms with van der Waals surface area (Å²) in [5.41, 5.74) is 1.32. The van der Waals surface area contributed by atoms with Gasteiger partial charge < -0.3 is 10.1 Å². The molecule has 0 spiro atoms. The van der Waals surface area contributed by atoms with Crippen molar-refractivity contribution in [2.24, 2.45) is 5.92 Å². The van der Waals surface area contributed by atoms with Gasteiger partial charge in [-0.3, -0.25) is 0 Å². The van der Waals surface area contributed by atoms with E-state index in [9.17, 15) is 0 Å². The first kappa shape index (κ1) is 15.0. The summed E-state index contributed by atoms with van der Waals surface area (Å²) in [6.07, 6.45) is 0. The van der Waals surface area contributed by atoms with Crippen molar-refractivity contribution in [3.63, 3.8) is 0 Å². The highest BCUT2D eigenvalue weighted by Crippen LogP contribution is 2.33. The summed E-state index contributed by atoms with van der Waals surface area (Å²) in [5.74, 6) is 0.675. The van der Waals surface area contributed by atoms with Gasteiger partial charge in [-0.2, -0.15) is 0 Å². The molecule has 0 radical (unpaired) electrons. The Morgan fingerprint density at radius 1 is 1.37 bits per heavy atom. The monoisotopic (exact) mass is 341 g/mol. The minimum atomic E-state index is 0.675. The zero-order chi connectivity index (χ0) is 13.8. The van der Waals surface area contributed by atoms with Gasteiger partial charge in [0.2, 0.25) is 0 Å². The molecule has 0 aliphatic heterocycles. The average Bonchev–Trinajstić information content (AvgIpc) is 2.68. The van der Waals surface area contributed by atoms with Gasteiger partial charge in [0.25, 0.3) is 0 Å². The maximum Gasteiger partial charge on any atom is 0.0730 e. The van der Waals surface area contributed by atoms with Gasteiger partial charge in [-0.15, -0.1) is 11.3 Å². The highest BCUT2D eigenvalue weighted by molar-refractivity contribution is 9.10. The van der Waals surface area contributed by atoms with Crippen LogP contribution in [0.4, 0.5) is 0 Å². The van der Waals surface area contributed by atoms with E-state index in [1.807, 2.05) is 11.3 Å². The number of thiophene rings is 1. The molecule has 1 aromatic heterocycles. The number of fused-ring (bicyclic) bond motifs is 1. The third-order valence-corrected chi connectivity index (χ3v) is 4.67. The largest absolute Gasteiger partial charge is 0.380 e. The van der Waals surface area contributed by atoms with Crippen LogP contribution in [-0.2, 0) is 17.9 Å². The molecule has 0 unspecified atom stereocenters. The minimum Gasteiger partial charge on any atom is -0.380 e.